The van der Waals surface area contributed by atoms with Gasteiger partial charge in [-0.15, -0.1) is 0 Å². The topological polar surface area (TPSA) is 77.2 Å². The highest BCUT2D eigenvalue weighted by molar-refractivity contribution is 7.89. The Morgan fingerprint density at radius 1 is 1.04 bits per heavy atom. The highest BCUT2D eigenvalue weighted by Crippen LogP contribution is 2.52. The van der Waals surface area contributed by atoms with E-state index in [1.807, 2.05) is 13.8 Å². The summed E-state index contributed by atoms with van der Waals surface area (Å²) in [5, 5.41) is 5.16. The summed E-state index contributed by atoms with van der Waals surface area (Å²) in [6.07, 6.45) is 1.80. The van der Waals surface area contributed by atoms with Crippen LogP contribution in [0.15, 0.2) is 47.4 Å². The standard InChI is InChI=1S/C21H21F2NO3S/c1-3-10-21(2)12-18(25)19(14-6-9-16(22)17(23)11-14)20(21)13-4-7-15(8-5-13)28(24,26)27/h4-9,11H,3,10,12H2,1-2H3,(H2,24,26,27). The zero-order chi connectivity index (χ0) is 20.7. The van der Waals surface area contributed by atoms with Crippen molar-refractivity contribution in [1.29, 1.82) is 0 Å². The van der Waals surface area contributed by atoms with Gasteiger partial charge in [0.2, 0.25) is 10.0 Å². The van der Waals surface area contributed by atoms with Crippen molar-refractivity contribution in [2.24, 2.45) is 10.6 Å². The third kappa shape index (κ3) is 3.64. The normalized spacial score (nSPS) is 20.1. The van der Waals surface area contributed by atoms with E-state index in [0.29, 0.717) is 22.3 Å². The van der Waals surface area contributed by atoms with Gasteiger partial charge in [-0.3, -0.25) is 4.79 Å². The number of primary sulfonamides is 1. The highest BCUT2D eigenvalue weighted by atomic mass is 32.2. The highest BCUT2D eigenvalue weighted by Gasteiger charge is 2.42. The Morgan fingerprint density at radius 2 is 1.64 bits per heavy atom. The second-order valence-electron chi connectivity index (χ2n) is 7.36. The molecule has 0 saturated carbocycles. The van der Waals surface area contributed by atoms with Gasteiger partial charge in [-0.1, -0.05) is 38.5 Å². The van der Waals surface area contributed by atoms with Crippen molar-refractivity contribution in [2.75, 3.05) is 0 Å². The monoisotopic (exact) mass is 405 g/mol. The van der Waals surface area contributed by atoms with E-state index < -0.39 is 27.1 Å². The van der Waals surface area contributed by atoms with Gasteiger partial charge in [-0.2, -0.15) is 0 Å². The molecule has 0 saturated heterocycles. The predicted molar refractivity (Wildman–Crippen MR) is 104 cm³/mol. The fourth-order valence-electron chi connectivity index (χ4n) is 4.00. The van der Waals surface area contributed by atoms with E-state index in [0.717, 1.165) is 25.0 Å². The lowest BCUT2D eigenvalue weighted by atomic mass is 9.76. The number of Topliss-reactive ketones (excluding diaryl/α,β-unsaturated/α-hetero) is 1. The van der Waals surface area contributed by atoms with Crippen LogP contribution in [-0.4, -0.2) is 14.2 Å². The fraction of sp³-hybridized carbons (Fsp3) is 0.286. The first kappa shape index (κ1) is 20.4. The summed E-state index contributed by atoms with van der Waals surface area (Å²) in [6, 6.07) is 9.39. The number of carbonyl (C=O) groups is 1. The molecule has 1 atom stereocenters. The molecule has 1 unspecified atom stereocenters. The maximum Gasteiger partial charge on any atom is 0.238 e. The lowest BCUT2D eigenvalue weighted by Gasteiger charge is -2.27. The van der Waals surface area contributed by atoms with Gasteiger partial charge in [0.25, 0.3) is 0 Å². The molecule has 0 fully saturated rings. The molecule has 0 amide bonds. The van der Waals surface area contributed by atoms with Gasteiger partial charge in [0.1, 0.15) is 0 Å². The van der Waals surface area contributed by atoms with Crippen molar-refractivity contribution >= 4 is 27.0 Å². The number of rotatable bonds is 5. The van der Waals surface area contributed by atoms with E-state index >= 15 is 0 Å². The van der Waals surface area contributed by atoms with Gasteiger partial charge in [-0.25, -0.2) is 22.3 Å². The molecule has 2 N–H and O–H groups in total. The van der Waals surface area contributed by atoms with E-state index in [1.54, 1.807) is 12.1 Å². The summed E-state index contributed by atoms with van der Waals surface area (Å²) < 4.78 is 50.3. The van der Waals surface area contributed by atoms with Crippen molar-refractivity contribution < 1.29 is 22.0 Å². The third-order valence-corrected chi connectivity index (χ3v) is 6.09. The van der Waals surface area contributed by atoms with Crippen LogP contribution in [0.1, 0.15) is 44.2 Å². The van der Waals surface area contributed by atoms with Gasteiger partial charge in [0.05, 0.1) is 4.90 Å². The predicted octanol–water partition coefficient (Wildman–Crippen LogP) is 4.30. The Labute approximate surface area is 163 Å². The quantitative estimate of drug-likeness (QED) is 0.806. The minimum absolute atomic E-state index is 0.0345. The van der Waals surface area contributed by atoms with E-state index in [2.05, 4.69) is 0 Å². The number of hydrogen-bond donors (Lipinski definition) is 1. The smallest absolute Gasteiger partial charge is 0.238 e. The number of nitrogens with two attached hydrogens (primary N) is 1. The molecule has 1 aliphatic rings. The number of benzene rings is 2. The molecule has 3 rings (SSSR count). The largest absolute Gasteiger partial charge is 0.294 e. The van der Waals surface area contributed by atoms with Gasteiger partial charge in [0.15, 0.2) is 17.4 Å². The van der Waals surface area contributed by atoms with Crippen molar-refractivity contribution in [2.45, 2.75) is 38.0 Å². The molecule has 0 spiro atoms. The molecule has 4 nitrogen and oxygen atoms in total. The summed E-state index contributed by atoms with van der Waals surface area (Å²) >= 11 is 0. The lowest BCUT2D eigenvalue weighted by molar-refractivity contribution is -0.114. The number of ketones is 1. The van der Waals surface area contributed by atoms with Crippen LogP contribution in [-0.2, 0) is 14.8 Å². The van der Waals surface area contributed by atoms with Crippen LogP contribution in [0.5, 0.6) is 0 Å². The molecule has 0 bridgehead atoms. The molecule has 2 aromatic rings. The van der Waals surface area contributed by atoms with Crippen molar-refractivity contribution in [1.82, 2.24) is 0 Å². The second-order valence-corrected chi connectivity index (χ2v) is 8.92. The molecule has 0 radical (unpaired) electrons. The summed E-state index contributed by atoms with van der Waals surface area (Å²) in [5.41, 5.74) is 1.54. The van der Waals surface area contributed by atoms with Crippen LogP contribution >= 0.6 is 0 Å². The molecule has 148 valence electrons. The number of carbonyl (C=O) groups excluding carboxylic acids is 1. The summed E-state index contributed by atoms with van der Waals surface area (Å²) in [6.45, 7) is 3.97. The second kappa shape index (κ2) is 7.22. The van der Waals surface area contributed by atoms with Gasteiger partial charge < -0.3 is 0 Å². The summed E-state index contributed by atoms with van der Waals surface area (Å²) in [4.78, 5) is 12.8. The first-order valence-corrected chi connectivity index (χ1v) is 10.5. The first-order chi connectivity index (χ1) is 13.1. The fourth-order valence-corrected chi connectivity index (χ4v) is 4.51. The lowest BCUT2D eigenvalue weighted by Crippen LogP contribution is -2.16. The zero-order valence-electron chi connectivity index (χ0n) is 15.6. The molecule has 7 heteroatoms. The molecule has 28 heavy (non-hydrogen) atoms. The van der Waals surface area contributed by atoms with E-state index in [4.69, 9.17) is 5.14 Å². The van der Waals surface area contributed by atoms with Crippen LogP contribution in [0.4, 0.5) is 8.78 Å². The molecule has 0 heterocycles. The number of halogens is 2. The Bertz CT molecular complexity index is 1080. The Balaban J connectivity index is 2.25. The summed E-state index contributed by atoms with van der Waals surface area (Å²) in [7, 11) is -3.84. The first-order valence-electron chi connectivity index (χ1n) is 8.93. The van der Waals surface area contributed by atoms with E-state index in [-0.39, 0.29) is 17.1 Å². The van der Waals surface area contributed by atoms with Gasteiger partial charge in [-0.05, 0) is 47.4 Å². The summed E-state index contributed by atoms with van der Waals surface area (Å²) in [5.74, 6) is -2.15. The van der Waals surface area contributed by atoms with E-state index in [1.165, 1.54) is 18.2 Å². The molecule has 2 aromatic carbocycles. The maximum atomic E-state index is 13.8. The maximum absolute atomic E-state index is 13.8. The van der Waals surface area contributed by atoms with Crippen molar-refractivity contribution in [3.8, 4) is 0 Å². The minimum atomic E-state index is -3.84. The number of hydrogen-bond acceptors (Lipinski definition) is 3. The third-order valence-electron chi connectivity index (χ3n) is 5.16. The molecular weight excluding hydrogens is 384 g/mol. The Kier molecular flexibility index (Phi) is 5.25. The molecule has 0 aliphatic heterocycles. The van der Waals surface area contributed by atoms with E-state index in [9.17, 15) is 22.0 Å². The average Bonchev–Trinajstić information content (AvgIpc) is 2.87. The van der Waals surface area contributed by atoms with Gasteiger partial charge in [0, 0.05) is 17.4 Å². The van der Waals surface area contributed by atoms with Crippen LogP contribution in [0.3, 0.4) is 0 Å². The van der Waals surface area contributed by atoms with Crippen LogP contribution in [0, 0.1) is 17.0 Å². The van der Waals surface area contributed by atoms with Crippen LogP contribution in [0.25, 0.3) is 11.1 Å². The average molecular weight is 405 g/mol. The number of allylic oxidation sites excluding steroid dienone is 2. The Morgan fingerprint density at radius 3 is 2.18 bits per heavy atom. The minimum Gasteiger partial charge on any atom is -0.294 e. The molecular formula is C21H21F2NO3S. The van der Waals surface area contributed by atoms with Crippen LogP contribution < -0.4 is 5.14 Å². The van der Waals surface area contributed by atoms with Gasteiger partial charge >= 0.3 is 0 Å². The SMILES string of the molecule is CCCC1(C)CC(=O)C(c2ccc(F)c(F)c2)=C1c1ccc(S(N)(=O)=O)cc1. The molecule has 1 aliphatic carbocycles. The zero-order valence-corrected chi connectivity index (χ0v) is 16.4. The van der Waals surface area contributed by atoms with Crippen LogP contribution in [0.2, 0.25) is 0 Å². The van der Waals surface area contributed by atoms with Crippen molar-refractivity contribution in [3.63, 3.8) is 0 Å². The van der Waals surface area contributed by atoms with Crippen molar-refractivity contribution in [3.05, 3.63) is 65.2 Å². The molecule has 0 aromatic heterocycles. The Hall–Kier alpha value is -2.38. The number of sulfonamides is 1.